The van der Waals surface area contributed by atoms with Crippen molar-refractivity contribution in [3.8, 4) is 5.75 Å². The molecule has 1 fully saturated rings. The van der Waals surface area contributed by atoms with Gasteiger partial charge in [0.15, 0.2) is 0 Å². The Bertz CT molecular complexity index is 1850. The van der Waals surface area contributed by atoms with Crippen LogP contribution in [0.15, 0.2) is 77.7 Å². The lowest BCUT2D eigenvalue weighted by atomic mass is 9.48. The molecule has 4 aliphatic rings. The van der Waals surface area contributed by atoms with E-state index in [1.54, 1.807) is 0 Å². The average molecular weight is 1170 g/mol. The van der Waals surface area contributed by atoms with Crippen LogP contribution in [0.3, 0.4) is 0 Å². The van der Waals surface area contributed by atoms with Crippen molar-refractivity contribution in [2.45, 2.75) is 16.7 Å². The molecule has 3 aromatic rings. The molecule has 4 aliphatic carbocycles. The highest BCUT2D eigenvalue weighted by molar-refractivity contribution is 14.1. The monoisotopic (exact) mass is 1170 g/mol. The van der Waals surface area contributed by atoms with Crippen LogP contribution in [0, 0.1) is 41.5 Å². The largest absolute Gasteiger partial charge is 0.462 e. The van der Waals surface area contributed by atoms with Crippen molar-refractivity contribution in [2.75, 3.05) is 6.61 Å². The first kappa shape index (κ1) is 33.5. The molecule has 6 unspecified atom stereocenters. The van der Waals surface area contributed by atoms with E-state index in [9.17, 15) is 22.6 Å². The van der Waals surface area contributed by atoms with E-state index in [4.69, 9.17) is 9.47 Å². The number of halogens is 5. The highest BCUT2D eigenvalue weighted by Gasteiger charge is 2.58. The molecule has 0 saturated heterocycles. The predicted octanol–water partition coefficient (Wildman–Crippen LogP) is 8.20. The fourth-order valence-corrected chi connectivity index (χ4v) is 13.2. The van der Waals surface area contributed by atoms with E-state index in [0.717, 1.165) is 21.8 Å². The normalized spacial score (nSPS) is 24.9. The fourth-order valence-electron chi connectivity index (χ4n) is 6.84. The summed E-state index contributed by atoms with van der Waals surface area (Å²) < 4.78 is 48.7. The number of hydrogen-bond donors (Lipinski definition) is 1. The lowest BCUT2D eigenvalue weighted by Gasteiger charge is -2.55. The Morgan fingerprint density at radius 2 is 1.41 bits per heavy atom. The number of benzene rings is 3. The Kier molecular flexibility index (Phi) is 10.1. The van der Waals surface area contributed by atoms with Crippen molar-refractivity contribution in [2.24, 2.45) is 23.7 Å². The Morgan fingerprint density at radius 3 is 2.02 bits per heavy atom. The molecular formula is C31H21I5O7S. The highest BCUT2D eigenvalue weighted by atomic mass is 127. The van der Waals surface area contributed by atoms with Crippen LogP contribution in [0.2, 0.25) is 0 Å². The van der Waals surface area contributed by atoms with Crippen LogP contribution in [-0.4, -0.2) is 31.5 Å². The number of hydrogen-bond acceptors (Lipinski definition) is 6. The van der Waals surface area contributed by atoms with Crippen molar-refractivity contribution in [3.05, 3.63) is 107 Å². The van der Waals surface area contributed by atoms with Gasteiger partial charge in [-0.05, 0) is 166 Å². The van der Waals surface area contributed by atoms with Crippen LogP contribution in [0.4, 0.5) is 0 Å². The lowest BCUT2D eigenvalue weighted by molar-refractivity contribution is -0.147. The summed E-state index contributed by atoms with van der Waals surface area (Å²) >= 11 is 10.2. The third-order valence-electron chi connectivity index (χ3n) is 8.42. The molecule has 2 bridgehead atoms. The number of rotatable bonds is 6. The third kappa shape index (κ3) is 6.28. The zero-order valence-corrected chi connectivity index (χ0v) is 33.9. The summed E-state index contributed by atoms with van der Waals surface area (Å²) in [6, 6.07) is 14.8. The summed E-state index contributed by atoms with van der Waals surface area (Å²) in [7, 11) is -4.46. The van der Waals surface area contributed by atoms with Gasteiger partial charge < -0.3 is 9.47 Å². The number of allylic oxidation sites excluding steroid dienone is 4. The van der Waals surface area contributed by atoms with Gasteiger partial charge in [0.05, 0.1) is 18.1 Å². The van der Waals surface area contributed by atoms with E-state index in [1.165, 1.54) is 12.1 Å². The number of ether oxygens (including phenoxy) is 2. The van der Waals surface area contributed by atoms with E-state index in [1.807, 2.05) is 81.6 Å². The van der Waals surface area contributed by atoms with Gasteiger partial charge in [0.2, 0.25) is 0 Å². The molecule has 0 radical (unpaired) electrons. The summed E-state index contributed by atoms with van der Waals surface area (Å²) in [5, 5.41) is 0. The van der Waals surface area contributed by atoms with Gasteiger partial charge in [-0.25, -0.2) is 4.79 Å². The van der Waals surface area contributed by atoms with Crippen molar-refractivity contribution in [1.82, 2.24) is 0 Å². The number of fused-ring (bicyclic) bond motifs is 1. The topological polar surface area (TPSA) is 107 Å². The Morgan fingerprint density at radius 1 is 0.818 bits per heavy atom. The maximum absolute atomic E-state index is 14.2. The van der Waals surface area contributed by atoms with Crippen molar-refractivity contribution in [3.63, 3.8) is 0 Å². The van der Waals surface area contributed by atoms with Gasteiger partial charge in [0.1, 0.15) is 10.6 Å². The molecule has 13 heteroatoms. The van der Waals surface area contributed by atoms with E-state index in [2.05, 4.69) is 92.1 Å². The second-order valence-corrected chi connectivity index (χ2v) is 17.9. The first-order chi connectivity index (χ1) is 20.9. The van der Waals surface area contributed by atoms with E-state index < -0.39 is 28.0 Å². The standard InChI is InChI=1S/C31H21I5O7S/c32-14-9-20(28(36)22(33)10-14)30(37)42-13-21-25-16-5-1-3-7-18(16)26(19-8-4-2-6-17(19)25)27(21)31(38)43-15-11-23(34)29(24(35)12-15)44(39,40)41/h1-12,16,18,21,25-27H,13H2,(H,39,40,41). The molecule has 6 atom stereocenters. The average Bonchev–Trinajstić information content (AvgIpc) is 2.96. The molecule has 0 amide bonds. The maximum atomic E-state index is 14.2. The van der Waals surface area contributed by atoms with Crippen molar-refractivity contribution in [1.29, 1.82) is 0 Å². The smallest absolute Gasteiger partial charge is 0.339 e. The molecule has 44 heavy (non-hydrogen) atoms. The van der Waals surface area contributed by atoms with Crippen LogP contribution < -0.4 is 4.74 Å². The van der Waals surface area contributed by atoms with Crippen molar-refractivity contribution >= 4 is 135 Å². The Hall–Kier alpha value is -0.360. The first-order valence-corrected chi connectivity index (χ1v) is 20.1. The maximum Gasteiger partial charge on any atom is 0.339 e. The van der Waals surface area contributed by atoms with Crippen LogP contribution >= 0.6 is 113 Å². The van der Waals surface area contributed by atoms with Gasteiger partial charge in [0, 0.05) is 29.7 Å². The minimum absolute atomic E-state index is 0.0315. The molecule has 7 rings (SSSR count). The number of carbonyl (C=O) groups excluding carboxylic acids is 2. The van der Waals surface area contributed by atoms with Gasteiger partial charge in [-0.2, -0.15) is 8.42 Å². The zero-order valence-electron chi connectivity index (χ0n) is 22.3. The zero-order chi connectivity index (χ0) is 31.5. The quantitative estimate of drug-likeness (QED) is 0.0873. The van der Waals surface area contributed by atoms with Crippen LogP contribution in [0.25, 0.3) is 0 Å². The van der Waals surface area contributed by atoms with Gasteiger partial charge in [-0.1, -0.05) is 48.6 Å². The Balaban J connectivity index is 1.38. The molecule has 1 N–H and O–H groups in total. The summed E-state index contributed by atoms with van der Waals surface area (Å²) in [5.41, 5.74) is 2.74. The van der Waals surface area contributed by atoms with Gasteiger partial charge >= 0.3 is 11.9 Å². The summed E-state index contributed by atoms with van der Waals surface area (Å²) in [4.78, 5) is 27.5. The van der Waals surface area contributed by atoms with Crippen LogP contribution in [0.5, 0.6) is 5.75 Å². The third-order valence-corrected chi connectivity index (χ3v) is 15.5. The second-order valence-electron chi connectivity index (χ2n) is 10.8. The lowest BCUT2D eigenvalue weighted by Crippen LogP contribution is -2.53. The van der Waals surface area contributed by atoms with E-state index in [0.29, 0.717) is 5.56 Å². The van der Waals surface area contributed by atoms with E-state index >= 15 is 0 Å². The minimum Gasteiger partial charge on any atom is -0.462 e. The molecular weight excluding hydrogens is 1150 g/mol. The fraction of sp³-hybridized carbons (Fsp3) is 0.226. The van der Waals surface area contributed by atoms with Crippen molar-refractivity contribution < 1.29 is 32.0 Å². The molecule has 7 nitrogen and oxygen atoms in total. The summed E-state index contributed by atoms with van der Waals surface area (Å²) in [5.74, 6) is -1.84. The van der Waals surface area contributed by atoms with Gasteiger partial charge in [-0.3, -0.25) is 9.35 Å². The summed E-state index contributed by atoms with van der Waals surface area (Å²) in [6.45, 7) is 0.0315. The summed E-state index contributed by atoms with van der Waals surface area (Å²) in [6.07, 6.45) is 8.40. The minimum atomic E-state index is -4.46. The van der Waals surface area contributed by atoms with E-state index in [-0.39, 0.29) is 54.0 Å². The molecule has 3 aromatic carbocycles. The molecule has 0 heterocycles. The molecule has 0 spiro atoms. The second kappa shape index (κ2) is 13.3. The molecule has 0 aliphatic heterocycles. The van der Waals surface area contributed by atoms with Crippen LogP contribution in [0.1, 0.15) is 33.3 Å². The Labute approximate surface area is 322 Å². The highest BCUT2D eigenvalue weighted by Crippen LogP contribution is 2.62. The number of carbonyl (C=O) groups is 2. The molecule has 228 valence electrons. The van der Waals surface area contributed by atoms with Gasteiger partial charge in [0.25, 0.3) is 10.1 Å². The molecule has 0 aromatic heterocycles. The molecule has 1 saturated carbocycles. The predicted molar refractivity (Wildman–Crippen MR) is 206 cm³/mol. The first-order valence-electron chi connectivity index (χ1n) is 13.3. The van der Waals surface area contributed by atoms with Gasteiger partial charge in [-0.15, -0.1) is 0 Å². The van der Waals surface area contributed by atoms with Crippen LogP contribution in [-0.2, 0) is 19.6 Å². The SMILES string of the molecule is O=C(OCC1C(C(=O)Oc2cc(I)c(S(=O)(=O)O)c(I)c2)C2c3ccccc3C1C1C=CC=CC12)c1cc(I)cc(I)c1I. The number of esters is 2.